The first-order valence-electron chi connectivity index (χ1n) is 6.48. The smallest absolute Gasteiger partial charge is 0.226 e. The zero-order valence-electron chi connectivity index (χ0n) is 10.8. The molecule has 2 nitrogen and oxygen atoms in total. The van der Waals surface area contributed by atoms with Crippen LogP contribution >= 0.6 is 0 Å². The number of hydrogen-bond donors (Lipinski definition) is 0. The van der Waals surface area contributed by atoms with Crippen molar-refractivity contribution in [3.8, 4) is 0 Å². The Morgan fingerprint density at radius 2 is 1.82 bits per heavy atom. The molecule has 0 bridgehead atoms. The van der Waals surface area contributed by atoms with Crippen LogP contribution in [0.5, 0.6) is 0 Å². The molecule has 1 amide bonds. The number of benzene rings is 1. The van der Waals surface area contributed by atoms with E-state index in [1.165, 1.54) is 31.2 Å². The number of carbonyl (C=O) groups excluding carboxylic acids is 1. The summed E-state index contributed by atoms with van der Waals surface area (Å²) in [4.78, 5) is 14.1. The van der Waals surface area contributed by atoms with Gasteiger partial charge in [-0.05, 0) is 25.3 Å². The summed E-state index contributed by atoms with van der Waals surface area (Å²) in [5, 5.41) is 0. The third kappa shape index (κ3) is 3.09. The van der Waals surface area contributed by atoms with Crippen LogP contribution in [0, 0.1) is 6.92 Å². The molecule has 2 heteroatoms. The fraction of sp³-hybridized carbons (Fsp3) is 0.533. The first-order valence-corrected chi connectivity index (χ1v) is 6.48. The van der Waals surface area contributed by atoms with Crippen molar-refractivity contribution in [1.29, 1.82) is 0 Å². The fourth-order valence-corrected chi connectivity index (χ4v) is 2.50. The SMILES string of the molecule is Cc1ccc(CC(=O)N(C)C2CCCC2)cc1. The van der Waals surface area contributed by atoms with E-state index in [-0.39, 0.29) is 5.91 Å². The predicted molar refractivity (Wildman–Crippen MR) is 69.9 cm³/mol. The van der Waals surface area contributed by atoms with Crippen LogP contribution in [0.25, 0.3) is 0 Å². The van der Waals surface area contributed by atoms with Crippen LogP contribution in [0.2, 0.25) is 0 Å². The molecule has 17 heavy (non-hydrogen) atoms. The van der Waals surface area contributed by atoms with Crippen LogP contribution in [-0.2, 0) is 11.2 Å². The molecule has 0 radical (unpaired) electrons. The van der Waals surface area contributed by atoms with E-state index in [9.17, 15) is 4.79 Å². The van der Waals surface area contributed by atoms with E-state index in [2.05, 4.69) is 31.2 Å². The van der Waals surface area contributed by atoms with Crippen molar-refractivity contribution < 1.29 is 4.79 Å². The van der Waals surface area contributed by atoms with Gasteiger partial charge in [-0.2, -0.15) is 0 Å². The highest BCUT2D eigenvalue weighted by Gasteiger charge is 2.23. The Balaban J connectivity index is 1.93. The van der Waals surface area contributed by atoms with Crippen molar-refractivity contribution in [3.05, 3.63) is 35.4 Å². The summed E-state index contributed by atoms with van der Waals surface area (Å²) in [5.74, 6) is 0.251. The number of likely N-dealkylation sites (N-methyl/N-ethyl adjacent to an activating group) is 1. The summed E-state index contributed by atoms with van der Waals surface area (Å²) < 4.78 is 0. The highest BCUT2D eigenvalue weighted by molar-refractivity contribution is 5.78. The summed E-state index contributed by atoms with van der Waals surface area (Å²) >= 11 is 0. The normalized spacial score (nSPS) is 16.1. The molecule has 0 aliphatic heterocycles. The van der Waals surface area contributed by atoms with Crippen molar-refractivity contribution in [1.82, 2.24) is 4.90 Å². The van der Waals surface area contributed by atoms with Crippen molar-refractivity contribution in [3.63, 3.8) is 0 Å². The molecule has 0 atom stereocenters. The summed E-state index contributed by atoms with van der Waals surface area (Å²) in [6.45, 7) is 2.07. The largest absolute Gasteiger partial charge is 0.342 e. The van der Waals surface area contributed by atoms with E-state index < -0.39 is 0 Å². The molecule has 1 fully saturated rings. The van der Waals surface area contributed by atoms with Crippen LogP contribution < -0.4 is 0 Å². The second-order valence-electron chi connectivity index (χ2n) is 5.11. The highest BCUT2D eigenvalue weighted by atomic mass is 16.2. The molecule has 2 rings (SSSR count). The van der Waals surface area contributed by atoms with Crippen molar-refractivity contribution in [2.75, 3.05) is 7.05 Å². The Bertz CT molecular complexity index is 376. The van der Waals surface area contributed by atoms with Gasteiger partial charge in [-0.25, -0.2) is 0 Å². The lowest BCUT2D eigenvalue weighted by atomic mass is 10.1. The highest BCUT2D eigenvalue weighted by Crippen LogP contribution is 2.22. The van der Waals surface area contributed by atoms with Gasteiger partial charge in [-0.1, -0.05) is 42.7 Å². The quantitative estimate of drug-likeness (QED) is 0.783. The Labute approximate surface area is 104 Å². The minimum Gasteiger partial charge on any atom is -0.342 e. The molecule has 0 saturated heterocycles. The molecular formula is C15H21NO. The summed E-state index contributed by atoms with van der Waals surface area (Å²) in [6, 6.07) is 8.72. The maximum atomic E-state index is 12.1. The number of nitrogens with zero attached hydrogens (tertiary/aromatic N) is 1. The van der Waals surface area contributed by atoms with Gasteiger partial charge in [0.25, 0.3) is 0 Å². The van der Waals surface area contributed by atoms with Gasteiger partial charge in [0, 0.05) is 13.1 Å². The van der Waals surface area contributed by atoms with E-state index in [4.69, 9.17) is 0 Å². The van der Waals surface area contributed by atoms with Crippen molar-refractivity contribution >= 4 is 5.91 Å². The molecule has 92 valence electrons. The topological polar surface area (TPSA) is 20.3 Å². The van der Waals surface area contributed by atoms with E-state index in [1.807, 2.05) is 11.9 Å². The summed E-state index contributed by atoms with van der Waals surface area (Å²) in [6.07, 6.45) is 5.43. The monoisotopic (exact) mass is 231 g/mol. The van der Waals surface area contributed by atoms with E-state index in [1.54, 1.807) is 0 Å². The number of rotatable bonds is 3. The Hall–Kier alpha value is -1.31. The Morgan fingerprint density at radius 3 is 2.41 bits per heavy atom. The predicted octanol–water partition coefficient (Wildman–Crippen LogP) is 2.94. The fourth-order valence-electron chi connectivity index (χ4n) is 2.50. The maximum absolute atomic E-state index is 12.1. The lowest BCUT2D eigenvalue weighted by Crippen LogP contribution is -2.36. The first kappa shape index (κ1) is 12.2. The maximum Gasteiger partial charge on any atom is 0.226 e. The summed E-state index contributed by atoms with van der Waals surface area (Å²) in [5.41, 5.74) is 2.36. The minimum absolute atomic E-state index is 0.251. The van der Waals surface area contributed by atoms with Crippen LogP contribution in [0.3, 0.4) is 0 Å². The van der Waals surface area contributed by atoms with Crippen LogP contribution in [0.4, 0.5) is 0 Å². The molecule has 1 aromatic carbocycles. The molecule has 0 unspecified atom stereocenters. The molecular weight excluding hydrogens is 210 g/mol. The second kappa shape index (κ2) is 5.35. The molecule has 1 aliphatic rings. The van der Waals surface area contributed by atoms with Crippen molar-refractivity contribution in [2.24, 2.45) is 0 Å². The number of hydrogen-bond acceptors (Lipinski definition) is 1. The van der Waals surface area contributed by atoms with Gasteiger partial charge >= 0.3 is 0 Å². The third-order valence-corrected chi connectivity index (χ3v) is 3.74. The van der Waals surface area contributed by atoms with Gasteiger partial charge in [-0.3, -0.25) is 4.79 Å². The zero-order valence-corrected chi connectivity index (χ0v) is 10.8. The average Bonchev–Trinajstić information content (AvgIpc) is 2.84. The molecule has 0 aromatic heterocycles. The van der Waals surface area contributed by atoms with Crippen LogP contribution in [-0.4, -0.2) is 23.9 Å². The van der Waals surface area contributed by atoms with Gasteiger partial charge in [-0.15, -0.1) is 0 Å². The van der Waals surface area contributed by atoms with Crippen molar-refractivity contribution in [2.45, 2.75) is 45.1 Å². The molecule has 0 spiro atoms. The lowest BCUT2D eigenvalue weighted by Gasteiger charge is -2.24. The molecule has 0 heterocycles. The van der Waals surface area contributed by atoms with E-state index in [0.29, 0.717) is 12.5 Å². The van der Waals surface area contributed by atoms with Gasteiger partial charge in [0.2, 0.25) is 5.91 Å². The summed E-state index contributed by atoms with van der Waals surface area (Å²) in [7, 11) is 1.95. The number of carbonyl (C=O) groups is 1. The van der Waals surface area contributed by atoms with Crippen LogP contribution in [0.1, 0.15) is 36.8 Å². The zero-order chi connectivity index (χ0) is 12.3. The van der Waals surface area contributed by atoms with Gasteiger partial charge in [0.1, 0.15) is 0 Å². The Kier molecular flexibility index (Phi) is 3.82. The number of aryl methyl sites for hydroxylation is 1. The lowest BCUT2D eigenvalue weighted by molar-refractivity contribution is -0.131. The Morgan fingerprint density at radius 1 is 1.24 bits per heavy atom. The molecule has 1 aliphatic carbocycles. The first-order chi connectivity index (χ1) is 8.16. The van der Waals surface area contributed by atoms with Gasteiger partial charge < -0.3 is 4.90 Å². The second-order valence-corrected chi connectivity index (χ2v) is 5.11. The van der Waals surface area contributed by atoms with E-state index >= 15 is 0 Å². The molecule has 0 N–H and O–H groups in total. The number of amides is 1. The van der Waals surface area contributed by atoms with E-state index in [0.717, 1.165) is 5.56 Å². The standard InChI is InChI=1S/C15H21NO/c1-12-7-9-13(10-8-12)11-15(17)16(2)14-5-3-4-6-14/h7-10,14H,3-6,11H2,1-2H3. The third-order valence-electron chi connectivity index (χ3n) is 3.74. The van der Waals surface area contributed by atoms with Gasteiger partial charge in [0.15, 0.2) is 0 Å². The molecule has 1 aromatic rings. The minimum atomic E-state index is 0.251. The van der Waals surface area contributed by atoms with Crippen LogP contribution in [0.15, 0.2) is 24.3 Å². The average molecular weight is 231 g/mol. The van der Waals surface area contributed by atoms with Gasteiger partial charge in [0.05, 0.1) is 6.42 Å². The molecule has 1 saturated carbocycles.